The summed E-state index contributed by atoms with van der Waals surface area (Å²) in [6, 6.07) is 7.56. The Morgan fingerprint density at radius 3 is 2.85 bits per heavy atom. The Morgan fingerprint density at radius 2 is 2.09 bits per heavy atom. The van der Waals surface area contributed by atoms with Crippen LogP contribution in [0.25, 0.3) is 16.7 Å². The van der Waals surface area contributed by atoms with E-state index in [1.807, 2.05) is 13.1 Å². The van der Waals surface area contributed by atoms with Crippen molar-refractivity contribution in [1.29, 1.82) is 0 Å². The minimum atomic E-state index is -0.710. The van der Waals surface area contributed by atoms with Gasteiger partial charge in [-0.05, 0) is 36.3 Å². The Bertz CT molecular complexity index is 1350. The van der Waals surface area contributed by atoms with Gasteiger partial charge < -0.3 is 15.8 Å². The van der Waals surface area contributed by atoms with E-state index in [1.54, 1.807) is 18.2 Å². The summed E-state index contributed by atoms with van der Waals surface area (Å²) >= 11 is 0. The summed E-state index contributed by atoms with van der Waals surface area (Å²) in [7, 11) is 2.00. The molecule has 3 aromatic heterocycles. The van der Waals surface area contributed by atoms with E-state index < -0.39 is 5.91 Å². The number of anilines is 1. The van der Waals surface area contributed by atoms with Crippen molar-refractivity contribution >= 4 is 28.3 Å². The lowest BCUT2D eigenvalue weighted by atomic mass is 9.94. The molecule has 4 aromatic rings. The maximum Gasteiger partial charge on any atom is 0.317 e. The van der Waals surface area contributed by atoms with Crippen LogP contribution in [0, 0.1) is 0 Å². The highest BCUT2D eigenvalue weighted by Gasteiger charge is 2.27. The first-order chi connectivity index (χ1) is 16.5. The summed E-state index contributed by atoms with van der Waals surface area (Å²) in [5, 5.41) is 34.2. The van der Waals surface area contributed by atoms with Gasteiger partial charge in [0.05, 0.1) is 11.2 Å². The second-order valence-corrected chi connectivity index (χ2v) is 8.35. The molecule has 13 heteroatoms. The van der Waals surface area contributed by atoms with E-state index in [0.29, 0.717) is 29.2 Å². The molecule has 5 rings (SSSR count). The average Bonchev–Trinajstić information content (AvgIpc) is 3.54. The zero-order chi connectivity index (χ0) is 23.7. The van der Waals surface area contributed by atoms with Gasteiger partial charge in [0, 0.05) is 18.0 Å². The van der Waals surface area contributed by atoms with Crippen molar-refractivity contribution in [3.63, 3.8) is 0 Å². The number of nitrogens with zero attached hydrogens (tertiary/aromatic N) is 8. The van der Waals surface area contributed by atoms with Gasteiger partial charge in [-0.2, -0.15) is 4.68 Å². The quantitative estimate of drug-likeness (QED) is 0.362. The van der Waals surface area contributed by atoms with Gasteiger partial charge in [0.25, 0.3) is 0 Å². The molecule has 0 unspecified atom stereocenters. The van der Waals surface area contributed by atoms with E-state index in [0.717, 1.165) is 12.8 Å². The second kappa shape index (κ2) is 9.02. The van der Waals surface area contributed by atoms with Crippen LogP contribution >= 0.6 is 0 Å². The second-order valence-electron chi connectivity index (χ2n) is 8.35. The molecule has 1 fully saturated rings. The minimum Gasteiger partial charge on any atom is -0.493 e. The first kappa shape index (κ1) is 21.7. The lowest BCUT2D eigenvalue weighted by Gasteiger charge is -2.31. The van der Waals surface area contributed by atoms with Crippen molar-refractivity contribution in [2.45, 2.75) is 44.7 Å². The van der Waals surface area contributed by atoms with Gasteiger partial charge >= 0.3 is 5.91 Å². The molecule has 3 heterocycles. The van der Waals surface area contributed by atoms with Gasteiger partial charge in [-0.3, -0.25) is 9.69 Å². The Morgan fingerprint density at radius 1 is 1.29 bits per heavy atom. The Hall–Kier alpha value is -4.13. The molecule has 0 atom stereocenters. The first-order valence-electron chi connectivity index (χ1n) is 11.0. The topological polar surface area (TPSA) is 177 Å². The zero-order valence-electron chi connectivity index (χ0n) is 18.5. The van der Waals surface area contributed by atoms with Crippen LogP contribution in [0.2, 0.25) is 0 Å². The number of amides is 1. The molecular formula is C21H24N10O3. The molecule has 0 bridgehead atoms. The Balaban J connectivity index is 1.48. The number of carbonyl (C=O) groups excluding carboxylic acids is 1. The van der Waals surface area contributed by atoms with Crippen molar-refractivity contribution in [3.05, 3.63) is 35.7 Å². The van der Waals surface area contributed by atoms with E-state index >= 15 is 0 Å². The number of para-hydroxylation sites is 1. The van der Waals surface area contributed by atoms with E-state index in [1.165, 1.54) is 23.9 Å². The molecule has 1 aliphatic carbocycles. The SMILES string of the molecule is CN(Cc1c(C(=O)N=Nc2c(O)[nH]c3ccccc23)nnn1-c1nonc1N)C1CCCCC1. The number of nitrogens with one attached hydrogen (secondary N) is 1. The van der Waals surface area contributed by atoms with Crippen LogP contribution < -0.4 is 5.73 Å². The van der Waals surface area contributed by atoms with Crippen molar-refractivity contribution in [1.82, 2.24) is 35.2 Å². The number of hydrogen-bond acceptors (Lipinski definition) is 10. The molecule has 1 aromatic carbocycles. The third-order valence-electron chi connectivity index (χ3n) is 6.16. The fraction of sp³-hybridized carbons (Fsp3) is 0.381. The predicted molar refractivity (Wildman–Crippen MR) is 121 cm³/mol. The van der Waals surface area contributed by atoms with Crippen LogP contribution in [-0.2, 0) is 6.54 Å². The third kappa shape index (κ3) is 4.01. The lowest BCUT2D eigenvalue weighted by Crippen LogP contribution is -2.34. The Labute approximate surface area is 193 Å². The highest BCUT2D eigenvalue weighted by molar-refractivity contribution is 5.96. The third-order valence-corrected chi connectivity index (χ3v) is 6.16. The number of azo groups is 1. The molecule has 0 saturated heterocycles. The maximum atomic E-state index is 13.1. The fourth-order valence-electron chi connectivity index (χ4n) is 4.36. The minimum absolute atomic E-state index is 0.00754. The smallest absolute Gasteiger partial charge is 0.317 e. The number of aromatic hydroxyl groups is 1. The number of nitrogens with two attached hydrogens (primary N) is 1. The monoisotopic (exact) mass is 464 g/mol. The van der Waals surface area contributed by atoms with E-state index in [2.05, 4.69) is 40.7 Å². The summed E-state index contributed by atoms with van der Waals surface area (Å²) in [5.74, 6) is -0.723. The number of aromatic nitrogens is 6. The molecule has 1 saturated carbocycles. The van der Waals surface area contributed by atoms with E-state index in [9.17, 15) is 9.90 Å². The molecular weight excluding hydrogens is 440 g/mol. The molecule has 1 aliphatic rings. The standard InChI is InChI=1S/C21H24N10O3/c1-30(12-7-3-2-4-8-12)11-15-17(25-29-31(15)19-18(22)27-34-28-19)21(33)26-24-16-13-9-5-6-10-14(13)23-20(16)32/h5-6,9-10,12,23,32H,2-4,7-8,11H2,1H3,(H2,22,27). The maximum absolute atomic E-state index is 13.1. The van der Waals surface area contributed by atoms with Gasteiger partial charge in [0.15, 0.2) is 11.4 Å². The normalized spacial score (nSPS) is 15.1. The van der Waals surface area contributed by atoms with Gasteiger partial charge in [-0.1, -0.05) is 42.7 Å². The molecule has 4 N–H and O–H groups in total. The Kier molecular flexibility index (Phi) is 5.76. The van der Waals surface area contributed by atoms with Crippen LogP contribution in [0.4, 0.5) is 11.5 Å². The number of carbonyl (C=O) groups is 1. The van der Waals surface area contributed by atoms with Crippen molar-refractivity contribution in [2.75, 3.05) is 12.8 Å². The van der Waals surface area contributed by atoms with Crippen molar-refractivity contribution in [2.24, 2.45) is 10.2 Å². The summed E-state index contributed by atoms with van der Waals surface area (Å²) in [6.07, 6.45) is 5.72. The molecule has 1 amide bonds. The van der Waals surface area contributed by atoms with Gasteiger partial charge in [0.1, 0.15) is 0 Å². The molecule has 0 radical (unpaired) electrons. The predicted octanol–water partition coefficient (Wildman–Crippen LogP) is 3.11. The number of H-pyrrole nitrogens is 1. The van der Waals surface area contributed by atoms with Crippen molar-refractivity contribution < 1.29 is 14.5 Å². The fourth-order valence-corrected chi connectivity index (χ4v) is 4.36. The van der Waals surface area contributed by atoms with Crippen LogP contribution in [0.15, 0.2) is 39.1 Å². The highest BCUT2D eigenvalue weighted by Crippen LogP contribution is 2.35. The number of nitrogen functional groups attached to an aromatic ring is 1. The number of benzene rings is 1. The summed E-state index contributed by atoms with van der Waals surface area (Å²) in [6.45, 7) is 0.360. The summed E-state index contributed by atoms with van der Waals surface area (Å²) in [4.78, 5) is 18.0. The molecule has 34 heavy (non-hydrogen) atoms. The van der Waals surface area contributed by atoms with Crippen LogP contribution in [0.3, 0.4) is 0 Å². The lowest BCUT2D eigenvalue weighted by molar-refractivity contribution is 0.0987. The largest absolute Gasteiger partial charge is 0.493 e. The van der Waals surface area contributed by atoms with Gasteiger partial charge in [-0.15, -0.1) is 15.3 Å². The molecule has 176 valence electrons. The molecule has 13 nitrogen and oxygen atoms in total. The number of hydrogen-bond donors (Lipinski definition) is 3. The van der Waals surface area contributed by atoms with E-state index in [4.69, 9.17) is 10.4 Å². The average molecular weight is 464 g/mol. The molecule has 0 spiro atoms. The summed E-state index contributed by atoms with van der Waals surface area (Å²) < 4.78 is 6.06. The molecule has 0 aliphatic heterocycles. The zero-order valence-corrected chi connectivity index (χ0v) is 18.5. The number of aromatic amines is 1. The van der Waals surface area contributed by atoms with Crippen molar-refractivity contribution in [3.8, 4) is 11.7 Å². The summed E-state index contributed by atoms with van der Waals surface area (Å²) in [5.41, 5.74) is 7.17. The van der Waals surface area contributed by atoms with Crippen LogP contribution in [-0.4, -0.2) is 59.3 Å². The van der Waals surface area contributed by atoms with Crippen LogP contribution in [0.1, 0.15) is 48.3 Å². The van der Waals surface area contributed by atoms with E-state index in [-0.39, 0.29) is 28.9 Å². The number of rotatable bonds is 6. The van der Waals surface area contributed by atoms with Crippen LogP contribution in [0.5, 0.6) is 5.88 Å². The van der Waals surface area contributed by atoms with Gasteiger partial charge in [-0.25, -0.2) is 4.63 Å². The first-order valence-corrected chi connectivity index (χ1v) is 11.0. The number of fused-ring (bicyclic) bond motifs is 1. The van der Waals surface area contributed by atoms with Gasteiger partial charge in [0.2, 0.25) is 17.5 Å². The highest BCUT2D eigenvalue weighted by atomic mass is 16.6.